The standard InChI is InChI=1S/C19H18F3N3O2/c1-11(2)25-15-9-8-12(10-14(15)24-18(25)19(20,21)22)17(26)23-13-6-4-5-7-16(13)27-3/h4-11H,1-3H3,(H,23,26). The summed E-state index contributed by atoms with van der Waals surface area (Å²) in [6, 6.07) is 10.7. The van der Waals surface area contributed by atoms with Gasteiger partial charge in [-0.2, -0.15) is 13.2 Å². The maximum Gasteiger partial charge on any atom is 0.449 e. The van der Waals surface area contributed by atoms with E-state index in [2.05, 4.69) is 10.3 Å². The molecule has 0 saturated heterocycles. The largest absolute Gasteiger partial charge is 0.495 e. The number of hydrogen-bond donors (Lipinski definition) is 1. The lowest BCUT2D eigenvalue weighted by Crippen LogP contribution is -2.16. The average Bonchev–Trinajstić information content (AvgIpc) is 3.01. The Hall–Kier alpha value is -3.03. The Morgan fingerprint density at radius 1 is 1.19 bits per heavy atom. The van der Waals surface area contributed by atoms with Crippen molar-refractivity contribution in [1.82, 2.24) is 9.55 Å². The fourth-order valence-corrected chi connectivity index (χ4v) is 2.91. The molecule has 0 saturated carbocycles. The summed E-state index contributed by atoms with van der Waals surface area (Å²) >= 11 is 0. The molecule has 0 spiro atoms. The van der Waals surface area contributed by atoms with Gasteiger partial charge in [-0.1, -0.05) is 12.1 Å². The normalized spacial score (nSPS) is 11.8. The summed E-state index contributed by atoms with van der Waals surface area (Å²) < 4.78 is 46.2. The first-order chi connectivity index (χ1) is 12.7. The zero-order valence-corrected chi connectivity index (χ0v) is 15.0. The maximum absolute atomic E-state index is 13.3. The van der Waals surface area contributed by atoms with Crippen LogP contribution in [0.4, 0.5) is 18.9 Å². The quantitative estimate of drug-likeness (QED) is 0.704. The number of anilines is 1. The number of hydrogen-bond acceptors (Lipinski definition) is 3. The summed E-state index contributed by atoms with van der Waals surface area (Å²) in [6.45, 7) is 3.30. The Bertz CT molecular complexity index is 994. The molecular formula is C19H18F3N3O2. The zero-order chi connectivity index (χ0) is 19.8. The van der Waals surface area contributed by atoms with Gasteiger partial charge in [0.15, 0.2) is 0 Å². The van der Waals surface area contributed by atoms with E-state index in [9.17, 15) is 18.0 Å². The summed E-state index contributed by atoms with van der Waals surface area (Å²) in [5, 5.41) is 2.70. The highest BCUT2D eigenvalue weighted by Gasteiger charge is 2.38. The number of carbonyl (C=O) groups excluding carboxylic acids is 1. The molecule has 142 valence electrons. The Kier molecular flexibility index (Phi) is 4.82. The molecule has 1 N–H and O–H groups in total. The number of fused-ring (bicyclic) bond motifs is 1. The lowest BCUT2D eigenvalue weighted by molar-refractivity contribution is -0.147. The van der Waals surface area contributed by atoms with Crippen LogP contribution in [-0.2, 0) is 6.18 Å². The van der Waals surface area contributed by atoms with Crippen molar-refractivity contribution in [3.05, 3.63) is 53.9 Å². The molecule has 1 heterocycles. The van der Waals surface area contributed by atoms with Crippen LogP contribution in [0.1, 0.15) is 36.1 Å². The second-order valence-corrected chi connectivity index (χ2v) is 6.25. The van der Waals surface area contributed by atoms with Crippen LogP contribution in [0.3, 0.4) is 0 Å². The van der Waals surface area contributed by atoms with Crippen molar-refractivity contribution in [1.29, 1.82) is 0 Å². The van der Waals surface area contributed by atoms with E-state index in [1.54, 1.807) is 38.1 Å². The van der Waals surface area contributed by atoms with Crippen LogP contribution in [0.25, 0.3) is 11.0 Å². The van der Waals surface area contributed by atoms with E-state index >= 15 is 0 Å². The third-order valence-electron chi connectivity index (χ3n) is 4.08. The van der Waals surface area contributed by atoms with Gasteiger partial charge in [-0.25, -0.2) is 4.98 Å². The number of methoxy groups -OCH3 is 1. The van der Waals surface area contributed by atoms with Crippen LogP contribution in [0.5, 0.6) is 5.75 Å². The first-order valence-electron chi connectivity index (χ1n) is 8.26. The first kappa shape index (κ1) is 18.8. The molecule has 1 aromatic heterocycles. The molecule has 3 aromatic rings. The number of nitrogens with zero attached hydrogens (tertiary/aromatic N) is 2. The molecule has 0 fully saturated rings. The number of halogens is 3. The summed E-state index contributed by atoms with van der Waals surface area (Å²) in [6.07, 6.45) is -4.58. The Labute approximate surface area is 153 Å². The number of aromatic nitrogens is 2. The number of para-hydroxylation sites is 2. The van der Waals surface area contributed by atoms with E-state index in [0.717, 1.165) is 4.57 Å². The summed E-state index contributed by atoms with van der Waals surface area (Å²) in [7, 11) is 1.48. The molecular weight excluding hydrogens is 359 g/mol. The van der Waals surface area contributed by atoms with E-state index in [1.807, 2.05) is 0 Å². The Morgan fingerprint density at radius 2 is 1.89 bits per heavy atom. The number of imidazole rings is 1. The second-order valence-electron chi connectivity index (χ2n) is 6.25. The lowest BCUT2D eigenvalue weighted by atomic mass is 10.1. The number of nitrogens with one attached hydrogen (secondary N) is 1. The van der Waals surface area contributed by atoms with E-state index < -0.39 is 23.9 Å². The molecule has 2 aromatic carbocycles. The minimum absolute atomic E-state index is 0.115. The first-order valence-corrected chi connectivity index (χ1v) is 8.26. The highest BCUT2D eigenvalue weighted by atomic mass is 19.4. The Morgan fingerprint density at radius 3 is 2.52 bits per heavy atom. The zero-order valence-electron chi connectivity index (χ0n) is 15.0. The van der Waals surface area contributed by atoms with Gasteiger partial charge in [-0.05, 0) is 44.2 Å². The van der Waals surface area contributed by atoms with Crippen LogP contribution in [-0.4, -0.2) is 22.6 Å². The highest BCUT2D eigenvalue weighted by molar-refractivity contribution is 6.06. The minimum Gasteiger partial charge on any atom is -0.495 e. The molecule has 1 amide bonds. The molecule has 8 heteroatoms. The molecule has 5 nitrogen and oxygen atoms in total. The van der Waals surface area contributed by atoms with Crippen LogP contribution >= 0.6 is 0 Å². The number of carbonyl (C=O) groups is 1. The van der Waals surface area contributed by atoms with Crippen LogP contribution in [0, 0.1) is 0 Å². The second kappa shape index (κ2) is 6.94. The third kappa shape index (κ3) is 3.60. The number of rotatable bonds is 4. The molecule has 0 aliphatic heterocycles. The van der Waals surface area contributed by atoms with Crippen molar-refractivity contribution in [3.8, 4) is 5.75 Å². The molecule has 0 aliphatic rings. The SMILES string of the molecule is COc1ccccc1NC(=O)c1ccc2c(c1)nc(C(F)(F)F)n2C(C)C. The highest BCUT2D eigenvalue weighted by Crippen LogP contribution is 2.34. The predicted octanol–water partition coefficient (Wildman–Crippen LogP) is 4.90. The topological polar surface area (TPSA) is 56.1 Å². The molecule has 3 rings (SSSR count). The van der Waals surface area contributed by atoms with E-state index in [-0.39, 0.29) is 11.1 Å². The van der Waals surface area contributed by atoms with Gasteiger partial charge in [0, 0.05) is 11.6 Å². The van der Waals surface area contributed by atoms with Gasteiger partial charge in [0.2, 0.25) is 5.82 Å². The molecule has 0 bridgehead atoms. The monoisotopic (exact) mass is 377 g/mol. The number of benzene rings is 2. The van der Waals surface area contributed by atoms with Crippen molar-refractivity contribution in [2.75, 3.05) is 12.4 Å². The van der Waals surface area contributed by atoms with Crippen molar-refractivity contribution >= 4 is 22.6 Å². The number of alkyl halides is 3. The Balaban J connectivity index is 2.00. The molecule has 0 unspecified atom stereocenters. The van der Waals surface area contributed by atoms with E-state index in [0.29, 0.717) is 17.0 Å². The van der Waals surface area contributed by atoms with Gasteiger partial charge in [-0.15, -0.1) is 0 Å². The summed E-state index contributed by atoms with van der Waals surface area (Å²) in [5.41, 5.74) is 1.11. The third-order valence-corrected chi connectivity index (χ3v) is 4.08. The van der Waals surface area contributed by atoms with E-state index in [1.165, 1.54) is 25.3 Å². The molecule has 0 aliphatic carbocycles. The van der Waals surface area contributed by atoms with E-state index in [4.69, 9.17) is 4.74 Å². The van der Waals surface area contributed by atoms with Crippen molar-refractivity contribution in [3.63, 3.8) is 0 Å². The van der Waals surface area contributed by atoms with Crippen molar-refractivity contribution in [2.45, 2.75) is 26.1 Å². The lowest BCUT2D eigenvalue weighted by Gasteiger charge is -2.14. The van der Waals surface area contributed by atoms with Gasteiger partial charge in [0.1, 0.15) is 5.75 Å². The predicted molar refractivity (Wildman–Crippen MR) is 96.1 cm³/mol. The molecule has 0 radical (unpaired) electrons. The van der Waals surface area contributed by atoms with Crippen molar-refractivity contribution < 1.29 is 22.7 Å². The fraction of sp³-hybridized carbons (Fsp3) is 0.263. The van der Waals surface area contributed by atoms with Crippen molar-refractivity contribution in [2.24, 2.45) is 0 Å². The van der Waals surface area contributed by atoms with Gasteiger partial charge in [0.05, 0.1) is 23.8 Å². The average molecular weight is 377 g/mol. The van der Waals surface area contributed by atoms with Gasteiger partial charge >= 0.3 is 6.18 Å². The molecule has 27 heavy (non-hydrogen) atoms. The summed E-state index contributed by atoms with van der Waals surface area (Å²) in [4.78, 5) is 16.2. The molecule has 0 atom stereocenters. The maximum atomic E-state index is 13.3. The fourth-order valence-electron chi connectivity index (χ4n) is 2.91. The van der Waals surface area contributed by atoms with Gasteiger partial charge in [0.25, 0.3) is 5.91 Å². The van der Waals surface area contributed by atoms with Gasteiger partial charge in [-0.3, -0.25) is 4.79 Å². The summed E-state index contributed by atoms with van der Waals surface area (Å²) in [5.74, 6) is -0.959. The van der Waals surface area contributed by atoms with Gasteiger partial charge < -0.3 is 14.6 Å². The smallest absolute Gasteiger partial charge is 0.449 e. The van der Waals surface area contributed by atoms with Crippen LogP contribution in [0.15, 0.2) is 42.5 Å². The van der Waals surface area contributed by atoms with Crippen LogP contribution < -0.4 is 10.1 Å². The minimum atomic E-state index is -4.58. The van der Waals surface area contributed by atoms with Crippen LogP contribution in [0.2, 0.25) is 0 Å². The number of amides is 1. The number of ether oxygens (including phenoxy) is 1.